The summed E-state index contributed by atoms with van der Waals surface area (Å²) in [6.45, 7) is 0. The summed E-state index contributed by atoms with van der Waals surface area (Å²) in [5.41, 5.74) is 5.74. The first-order valence-electron chi connectivity index (χ1n) is 3.66. The van der Waals surface area contributed by atoms with E-state index in [0.29, 0.717) is 0 Å². The van der Waals surface area contributed by atoms with Crippen LogP contribution in [0.5, 0.6) is 0 Å². The first-order valence-corrected chi connectivity index (χ1v) is 3.66. The molecule has 1 atom stereocenters. The predicted octanol–water partition coefficient (Wildman–Crippen LogP) is 0.368. The molecule has 0 fully saturated rings. The van der Waals surface area contributed by atoms with E-state index in [0.717, 1.165) is 17.0 Å². The fourth-order valence-corrected chi connectivity index (χ4v) is 1.42. The molecule has 1 aliphatic carbocycles. The number of hydrogen-bond donors (Lipinski definition) is 2. The van der Waals surface area contributed by atoms with Gasteiger partial charge in [0.05, 0.1) is 11.9 Å². The number of fused-ring (bicyclic) bond motifs is 3. The van der Waals surface area contributed by atoms with Gasteiger partial charge in [0.2, 0.25) is 0 Å². The van der Waals surface area contributed by atoms with Crippen molar-refractivity contribution in [1.82, 2.24) is 15.7 Å². The Balaban J connectivity index is 2.20. The van der Waals surface area contributed by atoms with Crippen molar-refractivity contribution < 1.29 is 4.94 Å². The van der Waals surface area contributed by atoms with Crippen LogP contribution in [0.25, 0.3) is 6.08 Å². The maximum absolute atomic E-state index is 4.76. The molecule has 1 aromatic heterocycles. The van der Waals surface area contributed by atoms with Gasteiger partial charge in [-0.05, 0) is 12.2 Å². The number of nitrogens with zero attached hydrogens (tertiary/aromatic N) is 2. The van der Waals surface area contributed by atoms with Crippen molar-refractivity contribution in [1.29, 1.82) is 0 Å². The van der Waals surface area contributed by atoms with E-state index < -0.39 is 0 Å². The molecule has 0 bridgehead atoms. The highest BCUT2D eigenvalue weighted by atomic mass is 16.8. The third-order valence-electron chi connectivity index (χ3n) is 2.04. The van der Waals surface area contributed by atoms with E-state index >= 15 is 0 Å². The molecule has 0 aromatic carbocycles. The predicted molar refractivity (Wildman–Crippen MR) is 42.0 cm³/mol. The van der Waals surface area contributed by atoms with Gasteiger partial charge in [-0.2, -0.15) is 5.10 Å². The van der Waals surface area contributed by atoms with Crippen molar-refractivity contribution in [2.75, 3.05) is 0 Å². The van der Waals surface area contributed by atoms with Crippen molar-refractivity contribution in [3.8, 4) is 0 Å². The Bertz CT molecular complexity index is 379. The lowest BCUT2D eigenvalue weighted by Gasteiger charge is -2.10. The zero-order chi connectivity index (χ0) is 7.97. The van der Waals surface area contributed by atoms with E-state index in [4.69, 9.17) is 4.94 Å². The van der Waals surface area contributed by atoms with Gasteiger partial charge >= 0.3 is 0 Å². The van der Waals surface area contributed by atoms with Crippen LogP contribution in [0.2, 0.25) is 0 Å². The summed E-state index contributed by atoms with van der Waals surface area (Å²) in [5.74, 6) is 0. The SMILES string of the molecule is C1=Cc2cn[nH]c2C2NON=C12. The molecule has 2 aliphatic rings. The number of hydrogen-bond acceptors (Lipinski definition) is 4. The molecule has 2 heterocycles. The van der Waals surface area contributed by atoms with Crippen molar-refractivity contribution >= 4 is 11.8 Å². The molecule has 1 aromatic rings. The molecule has 5 heteroatoms. The largest absolute Gasteiger partial charge is 0.298 e. The Morgan fingerprint density at radius 1 is 1.42 bits per heavy atom. The van der Waals surface area contributed by atoms with Gasteiger partial charge in [0.15, 0.2) is 0 Å². The molecule has 0 radical (unpaired) electrons. The van der Waals surface area contributed by atoms with Gasteiger partial charge in [-0.3, -0.25) is 10.0 Å². The number of aromatic nitrogens is 2. The summed E-state index contributed by atoms with van der Waals surface area (Å²) >= 11 is 0. The number of aromatic amines is 1. The topological polar surface area (TPSA) is 62.3 Å². The van der Waals surface area contributed by atoms with E-state index in [-0.39, 0.29) is 6.04 Å². The lowest BCUT2D eigenvalue weighted by atomic mass is 9.99. The maximum atomic E-state index is 4.76. The van der Waals surface area contributed by atoms with Crippen molar-refractivity contribution in [2.45, 2.75) is 6.04 Å². The highest BCUT2D eigenvalue weighted by Crippen LogP contribution is 2.26. The zero-order valence-corrected chi connectivity index (χ0v) is 6.11. The summed E-state index contributed by atoms with van der Waals surface area (Å²) in [4.78, 5) is 4.76. The van der Waals surface area contributed by atoms with Crippen molar-refractivity contribution in [3.63, 3.8) is 0 Å². The zero-order valence-electron chi connectivity index (χ0n) is 6.11. The molecule has 3 rings (SSSR count). The molecule has 12 heavy (non-hydrogen) atoms. The van der Waals surface area contributed by atoms with Gasteiger partial charge < -0.3 is 0 Å². The highest BCUT2D eigenvalue weighted by molar-refractivity contribution is 6.05. The average Bonchev–Trinajstić information content (AvgIpc) is 2.71. The van der Waals surface area contributed by atoms with Crippen LogP contribution in [0.1, 0.15) is 17.3 Å². The van der Waals surface area contributed by atoms with Gasteiger partial charge in [-0.25, -0.2) is 0 Å². The smallest absolute Gasteiger partial charge is 0.133 e. The number of H-pyrrole nitrogens is 1. The molecular weight excluding hydrogens is 156 g/mol. The summed E-state index contributed by atoms with van der Waals surface area (Å²) < 4.78 is 0. The van der Waals surface area contributed by atoms with Crippen molar-refractivity contribution in [2.24, 2.45) is 5.16 Å². The Morgan fingerprint density at radius 3 is 3.42 bits per heavy atom. The molecule has 0 spiro atoms. The lowest BCUT2D eigenvalue weighted by molar-refractivity contribution is 0.0591. The minimum atomic E-state index is 0.0208. The van der Waals surface area contributed by atoms with Crippen LogP contribution >= 0.6 is 0 Å². The minimum Gasteiger partial charge on any atom is -0.298 e. The summed E-state index contributed by atoms with van der Waals surface area (Å²) in [7, 11) is 0. The van der Waals surface area contributed by atoms with Crippen molar-refractivity contribution in [3.05, 3.63) is 23.5 Å². The Labute approximate surface area is 68.1 Å². The van der Waals surface area contributed by atoms with Crippen LogP contribution in [-0.4, -0.2) is 15.9 Å². The second-order valence-corrected chi connectivity index (χ2v) is 2.73. The van der Waals surface area contributed by atoms with E-state index in [1.54, 1.807) is 6.20 Å². The molecule has 60 valence electrons. The number of nitrogens with one attached hydrogen (secondary N) is 2. The summed E-state index contributed by atoms with van der Waals surface area (Å²) in [6, 6.07) is 0.0208. The molecule has 5 nitrogen and oxygen atoms in total. The quantitative estimate of drug-likeness (QED) is 0.579. The van der Waals surface area contributed by atoms with Crippen LogP contribution in [0.4, 0.5) is 0 Å². The first-order chi connectivity index (χ1) is 5.95. The minimum absolute atomic E-state index is 0.0208. The van der Waals surface area contributed by atoms with Crippen LogP contribution < -0.4 is 5.48 Å². The monoisotopic (exact) mass is 162 g/mol. The number of hydroxylamine groups is 1. The molecule has 1 aliphatic heterocycles. The van der Waals surface area contributed by atoms with E-state index in [1.165, 1.54) is 0 Å². The van der Waals surface area contributed by atoms with Gasteiger partial charge in [-0.1, -0.05) is 5.16 Å². The van der Waals surface area contributed by atoms with Gasteiger partial charge in [-0.15, -0.1) is 5.48 Å². The average molecular weight is 162 g/mol. The molecular formula is C7H6N4O. The third kappa shape index (κ3) is 0.609. The Hall–Kier alpha value is -1.62. The fraction of sp³-hybridized carbons (Fsp3) is 0.143. The van der Waals surface area contributed by atoms with Crippen LogP contribution in [0.15, 0.2) is 17.4 Å². The molecule has 0 saturated carbocycles. The Kier molecular flexibility index (Phi) is 0.968. The standard InChI is InChI=1S/C7H6N4O/c1-2-5-7(11-12-10-5)6-4(1)3-8-9-6/h1-3,7,11H,(H,8,9). The number of oxime groups is 1. The fourth-order valence-electron chi connectivity index (χ4n) is 1.42. The molecule has 2 N–H and O–H groups in total. The first kappa shape index (κ1) is 5.96. The Morgan fingerprint density at radius 2 is 2.42 bits per heavy atom. The molecule has 0 saturated heterocycles. The van der Waals surface area contributed by atoms with Gasteiger partial charge in [0.25, 0.3) is 0 Å². The van der Waals surface area contributed by atoms with Crippen LogP contribution in [-0.2, 0) is 4.94 Å². The maximum Gasteiger partial charge on any atom is 0.133 e. The van der Waals surface area contributed by atoms with Crippen LogP contribution in [0.3, 0.4) is 0 Å². The van der Waals surface area contributed by atoms with E-state index in [9.17, 15) is 0 Å². The van der Waals surface area contributed by atoms with Gasteiger partial charge in [0.1, 0.15) is 11.8 Å². The second-order valence-electron chi connectivity index (χ2n) is 2.73. The highest BCUT2D eigenvalue weighted by Gasteiger charge is 2.29. The van der Waals surface area contributed by atoms with Crippen LogP contribution in [0, 0.1) is 0 Å². The van der Waals surface area contributed by atoms with E-state index in [2.05, 4.69) is 20.8 Å². The second kappa shape index (κ2) is 1.95. The van der Waals surface area contributed by atoms with Gasteiger partial charge in [0, 0.05) is 5.56 Å². The van der Waals surface area contributed by atoms with E-state index in [1.807, 2.05) is 12.2 Å². The molecule has 0 amide bonds. The number of rotatable bonds is 0. The summed E-state index contributed by atoms with van der Waals surface area (Å²) in [5, 5.41) is 10.6. The normalized spacial score (nSPS) is 24.3. The molecule has 1 unspecified atom stereocenters. The third-order valence-corrected chi connectivity index (χ3v) is 2.04. The lowest BCUT2D eigenvalue weighted by Crippen LogP contribution is -2.22. The summed E-state index contributed by atoms with van der Waals surface area (Å²) in [6.07, 6.45) is 5.66.